The van der Waals surface area contributed by atoms with Gasteiger partial charge in [-0.1, -0.05) is 22.0 Å². The van der Waals surface area contributed by atoms with Gasteiger partial charge in [0.1, 0.15) is 0 Å². The number of esters is 1. The van der Waals surface area contributed by atoms with Gasteiger partial charge < -0.3 is 10.5 Å². The number of aryl methyl sites for hydroxylation is 2. The van der Waals surface area contributed by atoms with Crippen LogP contribution in [-0.4, -0.2) is 12.6 Å². The summed E-state index contributed by atoms with van der Waals surface area (Å²) >= 11 is 3.50. The van der Waals surface area contributed by atoms with Crippen LogP contribution in [0.4, 0.5) is 0 Å². The quantitative estimate of drug-likeness (QED) is 0.847. The molecule has 2 N–H and O–H groups in total. The maximum atomic E-state index is 11.3. The van der Waals surface area contributed by atoms with Gasteiger partial charge in [-0.2, -0.15) is 0 Å². The smallest absolute Gasteiger partial charge is 0.305 e. The van der Waals surface area contributed by atoms with Crippen LogP contribution >= 0.6 is 15.9 Å². The summed E-state index contributed by atoms with van der Waals surface area (Å²) in [6.45, 7) is 6.29. The average Bonchev–Trinajstić information content (AvgIpc) is 2.31. The molecule has 0 aliphatic heterocycles. The van der Waals surface area contributed by atoms with Crippen LogP contribution in [0.1, 0.15) is 42.5 Å². The predicted molar refractivity (Wildman–Crippen MR) is 76.4 cm³/mol. The fourth-order valence-electron chi connectivity index (χ4n) is 1.86. The van der Waals surface area contributed by atoms with Crippen LogP contribution in [0.3, 0.4) is 0 Å². The molecule has 0 bridgehead atoms. The first-order valence-corrected chi connectivity index (χ1v) is 6.92. The van der Waals surface area contributed by atoms with Crippen LogP contribution in [0.5, 0.6) is 0 Å². The number of nitrogens with two attached hydrogens (primary N) is 1. The topological polar surface area (TPSA) is 52.3 Å². The lowest BCUT2D eigenvalue weighted by molar-refractivity contribution is -0.143. The van der Waals surface area contributed by atoms with Crippen molar-refractivity contribution in [1.82, 2.24) is 0 Å². The van der Waals surface area contributed by atoms with E-state index in [2.05, 4.69) is 28.1 Å². The molecule has 100 valence electrons. The van der Waals surface area contributed by atoms with E-state index in [1.165, 1.54) is 0 Å². The highest BCUT2D eigenvalue weighted by Crippen LogP contribution is 2.26. The molecule has 1 aromatic carbocycles. The lowest BCUT2D eigenvalue weighted by Gasteiger charge is -2.16. The van der Waals surface area contributed by atoms with Crippen LogP contribution in [0, 0.1) is 13.8 Å². The third-order valence-electron chi connectivity index (χ3n) is 2.91. The lowest BCUT2D eigenvalue weighted by atomic mass is 9.96. The molecular weight excluding hydrogens is 294 g/mol. The summed E-state index contributed by atoms with van der Waals surface area (Å²) in [5.74, 6) is -0.181. The zero-order valence-corrected chi connectivity index (χ0v) is 12.7. The molecule has 0 aliphatic carbocycles. The van der Waals surface area contributed by atoms with Crippen molar-refractivity contribution in [3.63, 3.8) is 0 Å². The number of benzene rings is 1. The molecule has 0 saturated carbocycles. The summed E-state index contributed by atoms with van der Waals surface area (Å²) in [5.41, 5.74) is 9.53. The molecular formula is C14H20BrNO2. The van der Waals surface area contributed by atoms with Gasteiger partial charge in [0.25, 0.3) is 0 Å². The van der Waals surface area contributed by atoms with Crippen LogP contribution in [0.25, 0.3) is 0 Å². The maximum Gasteiger partial charge on any atom is 0.305 e. The van der Waals surface area contributed by atoms with Crippen molar-refractivity contribution >= 4 is 21.9 Å². The Labute approximate surface area is 117 Å². The Bertz CT molecular complexity index is 432. The van der Waals surface area contributed by atoms with Crippen molar-refractivity contribution in [3.8, 4) is 0 Å². The lowest BCUT2D eigenvalue weighted by Crippen LogP contribution is -2.15. The van der Waals surface area contributed by atoms with Gasteiger partial charge in [0.05, 0.1) is 6.61 Å². The molecule has 1 atom stereocenters. The highest BCUT2D eigenvalue weighted by molar-refractivity contribution is 9.10. The summed E-state index contributed by atoms with van der Waals surface area (Å²) in [4.78, 5) is 11.3. The molecule has 1 rings (SSSR count). The molecule has 3 nitrogen and oxygen atoms in total. The minimum Gasteiger partial charge on any atom is -0.466 e. The predicted octanol–water partition coefficient (Wildman–Crippen LogP) is 3.41. The van der Waals surface area contributed by atoms with Crippen molar-refractivity contribution in [2.45, 2.75) is 39.7 Å². The third-order valence-corrected chi connectivity index (χ3v) is 3.77. The third kappa shape index (κ3) is 4.10. The number of hydrogen-bond donors (Lipinski definition) is 1. The van der Waals surface area contributed by atoms with Gasteiger partial charge in [-0.15, -0.1) is 0 Å². The first-order valence-electron chi connectivity index (χ1n) is 6.13. The summed E-state index contributed by atoms with van der Waals surface area (Å²) in [7, 11) is 0. The highest BCUT2D eigenvalue weighted by atomic mass is 79.9. The zero-order chi connectivity index (χ0) is 13.7. The van der Waals surface area contributed by atoms with Gasteiger partial charge >= 0.3 is 5.97 Å². The molecule has 0 aliphatic rings. The molecule has 0 amide bonds. The Balaban J connectivity index is 2.69. The number of halogens is 1. The first kappa shape index (κ1) is 15.2. The van der Waals surface area contributed by atoms with E-state index in [-0.39, 0.29) is 12.0 Å². The Hall–Kier alpha value is -0.870. The van der Waals surface area contributed by atoms with Crippen LogP contribution in [0.2, 0.25) is 0 Å². The number of carbonyl (C=O) groups is 1. The number of ether oxygens (including phenoxy) is 1. The van der Waals surface area contributed by atoms with Gasteiger partial charge in [-0.25, -0.2) is 0 Å². The van der Waals surface area contributed by atoms with E-state index >= 15 is 0 Å². The Morgan fingerprint density at radius 2 is 2.06 bits per heavy atom. The van der Waals surface area contributed by atoms with E-state index in [9.17, 15) is 4.79 Å². The van der Waals surface area contributed by atoms with Gasteiger partial charge in [0.15, 0.2) is 0 Å². The highest BCUT2D eigenvalue weighted by Gasteiger charge is 2.13. The van der Waals surface area contributed by atoms with Gasteiger partial charge in [-0.05, 0) is 49.9 Å². The van der Waals surface area contributed by atoms with Crippen molar-refractivity contribution in [1.29, 1.82) is 0 Å². The Morgan fingerprint density at radius 1 is 1.39 bits per heavy atom. The fraction of sp³-hybridized carbons (Fsp3) is 0.500. The number of rotatable bonds is 5. The standard InChI is InChI=1S/C14H20BrNO2/c1-4-18-14(17)6-5-13(16)11-7-10(3)12(15)8-9(11)2/h7-8,13H,4-6,16H2,1-3H3. The van der Waals surface area contributed by atoms with Crippen molar-refractivity contribution < 1.29 is 9.53 Å². The summed E-state index contributed by atoms with van der Waals surface area (Å²) in [5, 5.41) is 0. The second-order valence-electron chi connectivity index (χ2n) is 4.41. The normalized spacial score (nSPS) is 12.3. The van der Waals surface area contributed by atoms with Crippen molar-refractivity contribution in [3.05, 3.63) is 33.3 Å². The molecule has 0 radical (unpaired) electrons. The van der Waals surface area contributed by atoms with E-state index in [0.29, 0.717) is 19.4 Å². The first-order chi connectivity index (χ1) is 8.45. The fourth-order valence-corrected chi connectivity index (χ4v) is 2.32. The van der Waals surface area contributed by atoms with E-state index in [1.807, 2.05) is 13.8 Å². The average molecular weight is 314 g/mol. The monoisotopic (exact) mass is 313 g/mol. The van der Waals surface area contributed by atoms with E-state index in [0.717, 1.165) is 21.2 Å². The summed E-state index contributed by atoms with van der Waals surface area (Å²) < 4.78 is 5.98. The molecule has 4 heteroatoms. The molecule has 0 fully saturated rings. The van der Waals surface area contributed by atoms with Crippen molar-refractivity contribution in [2.24, 2.45) is 5.73 Å². The molecule has 1 aromatic rings. The molecule has 18 heavy (non-hydrogen) atoms. The Kier molecular flexibility index (Phi) is 5.82. The largest absolute Gasteiger partial charge is 0.466 e. The van der Waals surface area contributed by atoms with E-state index in [1.54, 1.807) is 6.92 Å². The van der Waals surface area contributed by atoms with E-state index in [4.69, 9.17) is 10.5 Å². The van der Waals surface area contributed by atoms with Crippen molar-refractivity contribution in [2.75, 3.05) is 6.61 Å². The van der Waals surface area contributed by atoms with Gasteiger partial charge in [0, 0.05) is 16.9 Å². The van der Waals surface area contributed by atoms with Gasteiger partial charge in [-0.3, -0.25) is 4.79 Å². The maximum absolute atomic E-state index is 11.3. The minimum absolute atomic E-state index is 0.124. The zero-order valence-electron chi connectivity index (χ0n) is 11.1. The second kappa shape index (κ2) is 6.90. The summed E-state index contributed by atoms with van der Waals surface area (Å²) in [6.07, 6.45) is 0.976. The number of hydrogen-bond acceptors (Lipinski definition) is 3. The molecule has 0 saturated heterocycles. The molecule has 0 heterocycles. The molecule has 0 aromatic heterocycles. The molecule has 1 unspecified atom stereocenters. The second-order valence-corrected chi connectivity index (χ2v) is 5.26. The van der Waals surface area contributed by atoms with Crippen LogP contribution in [-0.2, 0) is 9.53 Å². The molecule has 0 spiro atoms. The van der Waals surface area contributed by atoms with Crippen LogP contribution in [0.15, 0.2) is 16.6 Å². The SMILES string of the molecule is CCOC(=O)CCC(N)c1cc(C)c(Br)cc1C. The number of carbonyl (C=O) groups excluding carboxylic acids is 1. The summed E-state index contributed by atoms with van der Waals surface area (Å²) in [6, 6.07) is 4.02. The minimum atomic E-state index is -0.181. The van der Waals surface area contributed by atoms with Crippen LogP contribution < -0.4 is 5.73 Å². The van der Waals surface area contributed by atoms with Gasteiger partial charge in [0.2, 0.25) is 0 Å². The Morgan fingerprint density at radius 3 is 2.67 bits per heavy atom. The van der Waals surface area contributed by atoms with E-state index < -0.39 is 0 Å².